The monoisotopic (exact) mass is 226 g/mol. The van der Waals surface area contributed by atoms with Crippen molar-refractivity contribution in [3.63, 3.8) is 0 Å². The third-order valence-corrected chi connectivity index (χ3v) is 3.51. The van der Waals surface area contributed by atoms with E-state index in [2.05, 4.69) is 38.3 Å². The van der Waals surface area contributed by atoms with Crippen LogP contribution < -0.4 is 10.6 Å². The number of rotatable bonds is 4. The topological polar surface area (TPSA) is 41.1 Å². The summed E-state index contributed by atoms with van der Waals surface area (Å²) in [6, 6.07) is 0.324. The van der Waals surface area contributed by atoms with E-state index in [0.29, 0.717) is 17.9 Å². The maximum atomic E-state index is 12.1. The van der Waals surface area contributed by atoms with E-state index in [1.807, 2.05) is 0 Å². The SMILES string of the molecule is CCC(NC(=O)C1CNCC(C)C1)C(C)C. The maximum Gasteiger partial charge on any atom is 0.224 e. The van der Waals surface area contributed by atoms with Crippen molar-refractivity contribution in [2.45, 2.75) is 46.6 Å². The molecule has 2 N–H and O–H groups in total. The Morgan fingerprint density at radius 3 is 2.62 bits per heavy atom. The molecule has 0 saturated carbocycles. The maximum absolute atomic E-state index is 12.1. The van der Waals surface area contributed by atoms with Crippen LogP contribution in [0.4, 0.5) is 0 Å². The van der Waals surface area contributed by atoms with E-state index in [1.165, 1.54) is 0 Å². The second-order valence-corrected chi connectivity index (χ2v) is 5.46. The highest BCUT2D eigenvalue weighted by Gasteiger charge is 2.26. The van der Waals surface area contributed by atoms with Crippen LogP contribution in [0.25, 0.3) is 0 Å². The molecule has 94 valence electrons. The number of amides is 1. The average molecular weight is 226 g/mol. The molecule has 3 nitrogen and oxygen atoms in total. The normalized spacial score (nSPS) is 27.8. The molecule has 0 aliphatic carbocycles. The first kappa shape index (κ1) is 13.5. The Balaban J connectivity index is 2.44. The summed E-state index contributed by atoms with van der Waals surface area (Å²) >= 11 is 0. The van der Waals surface area contributed by atoms with Gasteiger partial charge in [-0.15, -0.1) is 0 Å². The van der Waals surface area contributed by atoms with Gasteiger partial charge in [-0.25, -0.2) is 0 Å². The predicted molar refractivity (Wildman–Crippen MR) is 67.2 cm³/mol. The van der Waals surface area contributed by atoms with Gasteiger partial charge in [0.2, 0.25) is 5.91 Å². The molecule has 1 heterocycles. The van der Waals surface area contributed by atoms with E-state index in [-0.39, 0.29) is 11.8 Å². The summed E-state index contributed by atoms with van der Waals surface area (Å²) in [5, 5.41) is 6.50. The molecule has 0 radical (unpaired) electrons. The molecule has 0 bridgehead atoms. The van der Waals surface area contributed by atoms with Gasteiger partial charge in [0.15, 0.2) is 0 Å². The number of carbonyl (C=O) groups excluding carboxylic acids is 1. The lowest BCUT2D eigenvalue weighted by Crippen LogP contribution is -2.47. The van der Waals surface area contributed by atoms with Crippen LogP contribution in [0.2, 0.25) is 0 Å². The van der Waals surface area contributed by atoms with Gasteiger partial charge in [0, 0.05) is 12.6 Å². The van der Waals surface area contributed by atoms with Crippen LogP contribution in [0.3, 0.4) is 0 Å². The number of carbonyl (C=O) groups is 1. The first-order chi connectivity index (χ1) is 7.54. The third kappa shape index (κ3) is 3.78. The standard InChI is InChI=1S/C13H26N2O/c1-5-12(9(2)3)15-13(16)11-6-10(4)7-14-8-11/h9-12,14H,5-8H2,1-4H3,(H,15,16). The van der Waals surface area contributed by atoms with E-state index in [0.717, 1.165) is 25.9 Å². The fourth-order valence-corrected chi connectivity index (χ4v) is 2.40. The smallest absolute Gasteiger partial charge is 0.224 e. The first-order valence-electron chi connectivity index (χ1n) is 6.55. The second kappa shape index (κ2) is 6.24. The van der Waals surface area contributed by atoms with Gasteiger partial charge in [-0.2, -0.15) is 0 Å². The van der Waals surface area contributed by atoms with Crippen LogP contribution in [-0.4, -0.2) is 25.0 Å². The summed E-state index contributed by atoms with van der Waals surface area (Å²) in [7, 11) is 0. The van der Waals surface area contributed by atoms with Gasteiger partial charge in [0.05, 0.1) is 5.92 Å². The Hall–Kier alpha value is -0.570. The zero-order valence-corrected chi connectivity index (χ0v) is 11.0. The van der Waals surface area contributed by atoms with Crippen LogP contribution in [-0.2, 0) is 4.79 Å². The molecule has 16 heavy (non-hydrogen) atoms. The van der Waals surface area contributed by atoms with E-state index in [4.69, 9.17) is 0 Å². The summed E-state index contributed by atoms with van der Waals surface area (Å²) in [5.74, 6) is 1.53. The van der Waals surface area contributed by atoms with Crippen LogP contribution in [0, 0.1) is 17.8 Å². The summed E-state index contributed by atoms with van der Waals surface area (Å²) in [5.41, 5.74) is 0. The minimum Gasteiger partial charge on any atom is -0.353 e. The Bertz CT molecular complexity index is 228. The summed E-state index contributed by atoms with van der Waals surface area (Å²) in [6.07, 6.45) is 2.03. The molecule has 1 rings (SSSR count). The van der Waals surface area contributed by atoms with Crippen LogP contribution >= 0.6 is 0 Å². The van der Waals surface area contributed by atoms with Gasteiger partial charge >= 0.3 is 0 Å². The second-order valence-electron chi connectivity index (χ2n) is 5.46. The van der Waals surface area contributed by atoms with Gasteiger partial charge in [0.25, 0.3) is 0 Å². The molecule has 0 spiro atoms. The zero-order valence-electron chi connectivity index (χ0n) is 11.0. The van der Waals surface area contributed by atoms with Crippen molar-refractivity contribution in [1.82, 2.24) is 10.6 Å². The van der Waals surface area contributed by atoms with Crippen molar-refractivity contribution in [1.29, 1.82) is 0 Å². The highest BCUT2D eigenvalue weighted by Crippen LogP contribution is 2.17. The first-order valence-corrected chi connectivity index (χ1v) is 6.55. The Morgan fingerprint density at radius 2 is 2.12 bits per heavy atom. The number of hydrogen-bond acceptors (Lipinski definition) is 2. The van der Waals surface area contributed by atoms with Crippen molar-refractivity contribution in [2.24, 2.45) is 17.8 Å². The fourth-order valence-electron chi connectivity index (χ4n) is 2.40. The van der Waals surface area contributed by atoms with Crippen LogP contribution in [0.1, 0.15) is 40.5 Å². The molecular weight excluding hydrogens is 200 g/mol. The highest BCUT2D eigenvalue weighted by atomic mass is 16.2. The Morgan fingerprint density at radius 1 is 1.44 bits per heavy atom. The molecule has 1 amide bonds. The lowest BCUT2D eigenvalue weighted by Gasteiger charge is -2.29. The molecule has 1 aliphatic rings. The van der Waals surface area contributed by atoms with E-state index < -0.39 is 0 Å². The van der Waals surface area contributed by atoms with Crippen LogP contribution in [0.15, 0.2) is 0 Å². The highest BCUT2D eigenvalue weighted by molar-refractivity contribution is 5.79. The van der Waals surface area contributed by atoms with E-state index >= 15 is 0 Å². The lowest BCUT2D eigenvalue weighted by atomic mass is 9.90. The molecule has 0 aromatic rings. The van der Waals surface area contributed by atoms with Crippen molar-refractivity contribution in [3.05, 3.63) is 0 Å². The number of nitrogens with one attached hydrogen (secondary N) is 2. The molecular formula is C13H26N2O. The van der Waals surface area contributed by atoms with Gasteiger partial charge in [-0.1, -0.05) is 27.7 Å². The van der Waals surface area contributed by atoms with E-state index in [1.54, 1.807) is 0 Å². The lowest BCUT2D eigenvalue weighted by molar-refractivity contribution is -0.127. The van der Waals surface area contributed by atoms with Crippen LogP contribution in [0.5, 0.6) is 0 Å². The largest absolute Gasteiger partial charge is 0.353 e. The molecule has 3 atom stereocenters. The summed E-state index contributed by atoms with van der Waals surface area (Å²) < 4.78 is 0. The van der Waals surface area contributed by atoms with Crippen molar-refractivity contribution >= 4 is 5.91 Å². The Labute approximate surface area is 99.4 Å². The summed E-state index contributed by atoms with van der Waals surface area (Å²) in [6.45, 7) is 10.5. The third-order valence-electron chi connectivity index (χ3n) is 3.51. The fraction of sp³-hybridized carbons (Fsp3) is 0.923. The molecule has 0 aromatic carbocycles. The number of hydrogen-bond donors (Lipinski definition) is 2. The van der Waals surface area contributed by atoms with Gasteiger partial charge in [-0.05, 0) is 31.2 Å². The van der Waals surface area contributed by atoms with Crippen molar-refractivity contribution < 1.29 is 4.79 Å². The average Bonchev–Trinajstić information content (AvgIpc) is 2.25. The predicted octanol–water partition coefficient (Wildman–Crippen LogP) is 1.78. The quantitative estimate of drug-likeness (QED) is 0.767. The molecule has 3 heteroatoms. The van der Waals surface area contributed by atoms with E-state index in [9.17, 15) is 4.79 Å². The summed E-state index contributed by atoms with van der Waals surface area (Å²) in [4.78, 5) is 12.1. The van der Waals surface area contributed by atoms with Gasteiger partial charge in [-0.3, -0.25) is 4.79 Å². The van der Waals surface area contributed by atoms with Gasteiger partial charge < -0.3 is 10.6 Å². The minimum atomic E-state index is 0.163. The Kier molecular flexibility index (Phi) is 5.26. The molecule has 1 aliphatic heterocycles. The molecule has 1 fully saturated rings. The number of piperidine rings is 1. The zero-order chi connectivity index (χ0) is 12.1. The van der Waals surface area contributed by atoms with Gasteiger partial charge in [0.1, 0.15) is 0 Å². The van der Waals surface area contributed by atoms with Crippen molar-refractivity contribution in [3.8, 4) is 0 Å². The van der Waals surface area contributed by atoms with Crippen molar-refractivity contribution in [2.75, 3.05) is 13.1 Å². The minimum absolute atomic E-state index is 0.163. The molecule has 3 unspecified atom stereocenters. The molecule has 0 aromatic heterocycles. The molecule has 1 saturated heterocycles.